The maximum absolute atomic E-state index is 12.8. The third kappa shape index (κ3) is 6.57. The molecule has 3 amide bonds. The van der Waals surface area contributed by atoms with Crippen molar-refractivity contribution in [3.8, 4) is 0 Å². The Morgan fingerprint density at radius 3 is 2.41 bits per heavy atom. The summed E-state index contributed by atoms with van der Waals surface area (Å²) in [5, 5.41) is 4.89. The second kappa shape index (κ2) is 10.7. The summed E-state index contributed by atoms with van der Waals surface area (Å²) < 4.78 is 33.3. The number of esters is 1. The first-order chi connectivity index (χ1) is 16.0. The van der Waals surface area contributed by atoms with Crippen molar-refractivity contribution in [1.82, 2.24) is 10.6 Å². The van der Waals surface area contributed by atoms with E-state index >= 15 is 0 Å². The van der Waals surface area contributed by atoms with Gasteiger partial charge in [-0.05, 0) is 69.0 Å². The Morgan fingerprint density at radius 2 is 1.74 bits per heavy atom. The lowest BCUT2D eigenvalue weighted by atomic mass is 10.1. The minimum Gasteiger partial charge on any atom is -0.449 e. The molecule has 1 saturated carbocycles. The normalized spacial score (nSPS) is 14.8. The number of hydrogen-bond donors (Lipinski definition) is 3. The largest absolute Gasteiger partial charge is 0.449 e. The van der Waals surface area contributed by atoms with Crippen LogP contribution in [-0.2, 0) is 19.6 Å². The van der Waals surface area contributed by atoms with Gasteiger partial charge in [-0.3, -0.25) is 14.8 Å². The Morgan fingerprint density at radius 1 is 1.03 bits per heavy atom. The van der Waals surface area contributed by atoms with E-state index in [1.54, 1.807) is 25.1 Å². The van der Waals surface area contributed by atoms with Gasteiger partial charge in [0.1, 0.15) is 0 Å². The second-order valence-electron chi connectivity index (χ2n) is 8.44. The van der Waals surface area contributed by atoms with Crippen molar-refractivity contribution in [3.05, 3.63) is 59.2 Å². The number of amides is 3. The molecule has 182 valence electrons. The van der Waals surface area contributed by atoms with E-state index in [-0.39, 0.29) is 16.5 Å². The lowest BCUT2D eigenvalue weighted by Crippen LogP contribution is -2.47. The lowest BCUT2D eigenvalue weighted by molar-refractivity contribution is -0.127. The number of ether oxygens (including phenoxy) is 1. The van der Waals surface area contributed by atoms with Gasteiger partial charge in [-0.15, -0.1) is 0 Å². The van der Waals surface area contributed by atoms with Gasteiger partial charge < -0.3 is 10.1 Å². The van der Waals surface area contributed by atoms with Crippen molar-refractivity contribution in [3.63, 3.8) is 0 Å². The van der Waals surface area contributed by atoms with Crippen LogP contribution >= 0.6 is 0 Å². The Kier molecular flexibility index (Phi) is 7.93. The summed E-state index contributed by atoms with van der Waals surface area (Å²) in [6, 6.07) is 10.3. The molecule has 34 heavy (non-hydrogen) atoms. The summed E-state index contributed by atoms with van der Waals surface area (Å²) >= 11 is 0. The van der Waals surface area contributed by atoms with Crippen LogP contribution in [0.25, 0.3) is 0 Å². The molecule has 1 aliphatic rings. The van der Waals surface area contributed by atoms with Gasteiger partial charge in [-0.25, -0.2) is 18.0 Å². The van der Waals surface area contributed by atoms with Crippen LogP contribution in [0.15, 0.2) is 47.4 Å². The lowest BCUT2D eigenvalue weighted by Gasteiger charge is -2.16. The van der Waals surface area contributed by atoms with Crippen LogP contribution in [-0.4, -0.2) is 38.5 Å². The van der Waals surface area contributed by atoms with Crippen LogP contribution in [0, 0.1) is 13.8 Å². The number of benzene rings is 2. The summed E-state index contributed by atoms with van der Waals surface area (Å²) in [6.07, 6.45) is 2.53. The fraction of sp³-hybridized carbons (Fsp3) is 0.375. The fourth-order valence-corrected chi connectivity index (χ4v) is 4.77. The molecule has 1 atom stereocenters. The van der Waals surface area contributed by atoms with Gasteiger partial charge >= 0.3 is 12.0 Å². The zero-order valence-electron chi connectivity index (χ0n) is 19.4. The third-order valence-corrected chi connectivity index (χ3v) is 6.97. The van der Waals surface area contributed by atoms with Crippen LogP contribution in [0.5, 0.6) is 0 Å². The van der Waals surface area contributed by atoms with E-state index in [9.17, 15) is 22.8 Å². The first-order valence-electron chi connectivity index (χ1n) is 11.1. The third-order valence-electron chi connectivity index (χ3n) is 5.59. The van der Waals surface area contributed by atoms with Crippen LogP contribution in [0.4, 0.5) is 10.5 Å². The Balaban J connectivity index is 1.66. The molecule has 1 fully saturated rings. The Hall–Kier alpha value is -3.40. The molecule has 9 nitrogen and oxygen atoms in total. The highest BCUT2D eigenvalue weighted by Gasteiger charge is 2.25. The van der Waals surface area contributed by atoms with E-state index < -0.39 is 34.0 Å². The standard InChI is InChI=1S/C24H29N3O6S/c1-15-7-6-10-19(13-15)27-34(31,32)20-12-11-16(2)21(14-20)23(29)33-17(3)22(28)26-24(30)25-18-8-4-5-9-18/h6-7,10-14,17-18,27H,4-5,8-9H2,1-3H3,(H2,25,26,28,30). The van der Waals surface area contributed by atoms with Gasteiger partial charge in [0.25, 0.3) is 15.9 Å². The summed E-state index contributed by atoms with van der Waals surface area (Å²) in [4.78, 5) is 36.9. The molecule has 2 aromatic rings. The number of sulfonamides is 1. The molecule has 1 aliphatic carbocycles. The average Bonchev–Trinajstić information content (AvgIpc) is 3.26. The molecule has 0 spiro atoms. The SMILES string of the molecule is Cc1cccc(NS(=O)(=O)c2ccc(C)c(C(=O)OC(C)C(=O)NC(=O)NC3CCCC3)c2)c1. The van der Waals surface area contributed by atoms with E-state index in [4.69, 9.17) is 4.74 Å². The van der Waals surface area contributed by atoms with E-state index in [1.807, 2.05) is 13.0 Å². The first kappa shape index (κ1) is 25.2. The van der Waals surface area contributed by atoms with Crippen LogP contribution in [0.3, 0.4) is 0 Å². The van der Waals surface area contributed by atoms with E-state index in [2.05, 4.69) is 15.4 Å². The highest BCUT2D eigenvalue weighted by atomic mass is 32.2. The molecule has 10 heteroatoms. The number of rotatable bonds is 7. The fourth-order valence-electron chi connectivity index (χ4n) is 3.69. The van der Waals surface area contributed by atoms with E-state index in [0.29, 0.717) is 11.3 Å². The number of carbonyl (C=O) groups excluding carboxylic acids is 3. The molecule has 0 radical (unpaired) electrons. The van der Waals surface area contributed by atoms with Crippen molar-refractivity contribution >= 4 is 33.6 Å². The maximum Gasteiger partial charge on any atom is 0.339 e. The van der Waals surface area contributed by atoms with Crippen LogP contribution in [0.2, 0.25) is 0 Å². The number of urea groups is 1. The molecular weight excluding hydrogens is 458 g/mol. The van der Waals surface area contributed by atoms with Crippen molar-refractivity contribution in [2.75, 3.05) is 4.72 Å². The van der Waals surface area contributed by atoms with Gasteiger partial charge in [-0.2, -0.15) is 0 Å². The minimum absolute atomic E-state index is 0.00201. The highest BCUT2D eigenvalue weighted by Crippen LogP contribution is 2.21. The molecule has 0 heterocycles. The van der Waals surface area contributed by atoms with Gasteiger partial charge in [0, 0.05) is 11.7 Å². The number of anilines is 1. The molecule has 3 rings (SSSR count). The quantitative estimate of drug-likeness (QED) is 0.513. The molecular formula is C24H29N3O6S. The maximum atomic E-state index is 12.8. The Bertz CT molecular complexity index is 1190. The minimum atomic E-state index is -3.97. The summed E-state index contributed by atoms with van der Waals surface area (Å²) in [7, 11) is -3.97. The molecule has 1 unspecified atom stereocenters. The smallest absolute Gasteiger partial charge is 0.339 e. The number of hydrogen-bond acceptors (Lipinski definition) is 6. The molecule has 0 bridgehead atoms. The Labute approximate surface area is 199 Å². The molecule has 3 N–H and O–H groups in total. The summed E-state index contributed by atoms with van der Waals surface area (Å²) in [5.74, 6) is -1.64. The van der Waals surface area contributed by atoms with Gasteiger partial charge in [-0.1, -0.05) is 31.0 Å². The van der Waals surface area contributed by atoms with Crippen LogP contribution in [0.1, 0.15) is 54.1 Å². The highest BCUT2D eigenvalue weighted by molar-refractivity contribution is 7.92. The molecule has 0 aromatic heterocycles. The topological polar surface area (TPSA) is 131 Å². The molecule has 0 saturated heterocycles. The van der Waals surface area contributed by atoms with Gasteiger partial charge in [0.05, 0.1) is 10.5 Å². The average molecular weight is 488 g/mol. The van der Waals surface area contributed by atoms with Crippen molar-refractivity contribution in [2.45, 2.75) is 63.5 Å². The number of carbonyl (C=O) groups is 3. The van der Waals surface area contributed by atoms with E-state index in [0.717, 1.165) is 31.2 Å². The zero-order valence-corrected chi connectivity index (χ0v) is 20.2. The monoisotopic (exact) mass is 487 g/mol. The predicted molar refractivity (Wildman–Crippen MR) is 127 cm³/mol. The second-order valence-corrected chi connectivity index (χ2v) is 10.1. The molecule has 2 aromatic carbocycles. The van der Waals surface area contributed by atoms with Crippen LogP contribution < -0.4 is 15.4 Å². The number of aryl methyl sites for hydroxylation is 2. The number of nitrogens with one attached hydrogen (secondary N) is 3. The summed E-state index contributed by atoms with van der Waals surface area (Å²) in [5.41, 5.74) is 1.76. The van der Waals surface area contributed by atoms with Gasteiger partial charge in [0.15, 0.2) is 6.10 Å². The van der Waals surface area contributed by atoms with Gasteiger partial charge in [0.2, 0.25) is 0 Å². The zero-order chi connectivity index (χ0) is 24.9. The van der Waals surface area contributed by atoms with Crippen molar-refractivity contribution in [2.24, 2.45) is 0 Å². The summed E-state index contributed by atoms with van der Waals surface area (Å²) in [6.45, 7) is 4.81. The molecule has 0 aliphatic heterocycles. The van der Waals surface area contributed by atoms with Crippen molar-refractivity contribution < 1.29 is 27.5 Å². The predicted octanol–water partition coefficient (Wildman–Crippen LogP) is 3.42. The first-order valence-corrected chi connectivity index (χ1v) is 12.6. The van der Waals surface area contributed by atoms with Crippen molar-refractivity contribution in [1.29, 1.82) is 0 Å². The van der Waals surface area contributed by atoms with E-state index in [1.165, 1.54) is 25.1 Å². The number of imide groups is 1.